The zero-order valence-electron chi connectivity index (χ0n) is 15.2. The summed E-state index contributed by atoms with van der Waals surface area (Å²) < 4.78 is 5.07. The molecule has 0 aliphatic rings. The Morgan fingerprint density at radius 2 is 1.96 bits per heavy atom. The Bertz CT molecular complexity index is 774. The number of ether oxygens (including phenoxy) is 1. The number of carbonyl (C=O) groups excluding carboxylic acids is 1. The molecule has 0 saturated heterocycles. The zero-order valence-corrected chi connectivity index (χ0v) is 15.2. The number of benzene rings is 1. The summed E-state index contributed by atoms with van der Waals surface area (Å²) >= 11 is 0. The average molecular weight is 374 g/mol. The first-order valence-corrected chi connectivity index (χ1v) is 7.91. The smallest absolute Gasteiger partial charge is 0.408 e. The van der Waals surface area contributed by atoms with Crippen molar-refractivity contribution < 1.29 is 19.4 Å². The van der Waals surface area contributed by atoms with Crippen molar-refractivity contribution in [3.05, 3.63) is 29.8 Å². The Labute approximate surface area is 156 Å². The number of carboxylic acids is 1. The number of carboxylic acid groups (broad SMARTS) is 1. The van der Waals surface area contributed by atoms with E-state index in [1.165, 1.54) is 0 Å². The van der Waals surface area contributed by atoms with Crippen molar-refractivity contribution in [1.29, 1.82) is 10.7 Å². The molecule has 1 aromatic carbocycles. The van der Waals surface area contributed by atoms with Gasteiger partial charge in [-0.15, -0.1) is 0 Å². The number of nitrogens with one attached hydrogen (secondary N) is 3. The number of rotatable bonds is 7. The van der Waals surface area contributed by atoms with E-state index >= 15 is 0 Å². The Balaban J connectivity index is 2.76. The maximum Gasteiger partial charge on any atom is 0.408 e. The molecule has 0 radical (unpaired) electrons. The Morgan fingerprint density at radius 3 is 2.41 bits per heavy atom. The number of hydrogen-bond donors (Lipinski definition) is 5. The summed E-state index contributed by atoms with van der Waals surface area (Å²) in [6.07, 6.45) is -0.759. The Morgan fingerprint density at radius 1 is 1.37 bits per heavy atom. The van der Waals surface area contributed by atoms with Gasteiger partial charge >= 0.3 is 12.1 Å². The predicted molar refractivity (Wildman–Crippen MR) is 99.5 cm³/mol. The SMILES string of the molecule is CC(C)(C)OC(=O)NC(Cc1ccc(N/N=C(\C#N)C(=N)N)cc1)C(=O)O. The van der Waals surface area contributed by atoms with E-state index in [9.17, 15) is 14.7 Å². The molecule has 0 heterocycles. The second kappa shape index (κ2) is 9.19. The van der Waals surface area contributed by atoms with Crippen LogP contribution in [-0.4, -0.2) is 40.4 Å². The maximum atomic E-state index is 11.8. The molecule has 1 atom stereocenters. The molecule has 0 spiro atoms. The van der Waals surface area contributed by atoms with Gasteiger partial charge < -0.3 is 20.9 Å². The van der Waals surface area contributed by atoms with Gasteiger partial charge in [0.25, 0.3) is 0 Å². The molecule has 0 bridgehead atoms. The largest absolute Gasteiger partial charge is 0.480 e. The second-order valence-corrected chi connectivity index (χ2v) is 6.54. The van der Waals surface area contributed by atoms with Crippen LogP contribution >= 0.6 is 0 Å². The molecule has 144 valence electrons. The van der Waals surface area contributed by atoms with E-state index in [1.54, 1.807) is 51.1 Å². The van der Waals surface area contributed by atoms with Crippen molar-refractivity contribution in [1.82, 2.24) is 5.32 Å². The molecule has 0 aromatic heterocycles. The number of nitrogens with zero attached hydrogens (tertiary/aromatic N) is 2. The van der Waals surface area contributed by atoms with Gasteiger partial charge in [0.2, 0.25) is 5.71 Å². The van der Waals surface area contributed by atoms with Gasteiger partial charge in [0.1, 0.15) is 17.7 Å². The van der Waals surface area contributed by atoms with Crippen LogP contribution in [0.1, 0.15) is 26.3 Å². The second-order valence-electron chi connectivity index (χ2n) is 6.54. The lowest BCUT2D eigenvalue weighted by molar-refractivity contribution is -0.139. The quantitative estimate of drug-likeness (QED) is 0.272. The molecule has 10 nitrogen and oxygen atoms in total. The van der Waals surface area contributed by atoms with E-state index in [1.807, 2.05) is 0 Å². The highest BCUT2D eigenvalue weighted by molar-refractivity contribution is 6.45. The minimum Gasteiger partial charge on any atom is -0.480 e. The number of hydrazone groups is 1. The number of alkyl carbamates (subject to hydrolysis) is 1. The van der Waals surface area contributed by atoms with Gasteiger partial charge in [-0.05, 0) is 38.5 Å². The van der Waals surface area contributed by atoms with Crippen LogP contribution in [0, 0.1) is 16.7 Å². The van der Waals surface area contributed by atoms with E-state index in [2.05, 4.69) is 15.8 Å². The lowest BCUT2D eigenvalue weighted by Gasteiger charge is -2.22. The normalized spacial score (nSPS) is 12.4. The van der Waals surface area contributed by atoms with Gasteiger partial charge in [-0.2, -0.15) is 10.4 Å². The van der Waals surface area contributed by atoms with Gasteiger partial charge in [0, 0.05) is 6.42 Å². The third-order valence-corrected chi connectivity index (χ3v) is 3.04. The summed E-state index contributed by atoms with van der Waals surface area (Å²) in [5.41, 5.74) is 7.94. The molecule has 1 rings (SSSR count). The number of nitrogens with two attached hydrogens (primary N) is 1. The van der Waals surface area contributed by atoms with Gasteiger partial charge in [-0.25, -0.2) is 9.59 Å². The van der Waals surface area contributed by atoms with Crippen molar-refractivity contribution in [2.45, 2.75) is 38.8 Å². The zero-order chi connectivity index (χ0) is 20.6. The molecule has 1 amide bonds. The molecule has 10 heteroatoms. The highest BCUT2D eigenvalue weighted by Gasteiger charge is 2.24. The fourth-order valence-electron chi connectivity index (χ4n) is 1.87. The third-order valence-electron chi connectivity index (χ3n) is 3.04. The number of carbonyl (C=O) groups is 2. The first-order chi connectivity index (χ1) is 12.5. The Hall–Kier alpha value is -3.61. The van der Waals surface area contributed by atoms with Gasteiger partial charge in [0.15, 0.2) is 5.84 Å². The van der Waals surface area contributed by atoms with Crippen LogP contribution in [0.25, 0.3) is 0 Å². The minimum absolute atomic E-state index is 0.0506. The summed E-state index contributed by atoms with van der Waals surface area (Å²) in [6, 6.07) is 7.03. The van der Waals surface area contributed by atoms with Gasteiger partial charge in [0.05, 0.1) is 5.69 Å². The van der Waals surface area contributed by atoms with Crippen LogP contribution in [0.5, 0.6) is 0 Å². The van der Waals surface area contributed by atoms with Crippen molar-refractivity contribution in [2.24, 2.45) is 10.8 Å². The van der Waals surface area contributed by atoms with Crippen molar-refractivity contribution >= 4 is 29.3 Å². The molecule has 0 fully saturated rings. The molecule has 0 aliphatic carbocycles. The number of nitriles is 1. The van der Waals surface area contributed by atoms with Crippen LogP contribution in [0.15, 0.2) is 29.4 Å². The molecule has 1 unspecified atom stereocenters. The summed E-state index contributed by atoms with van der Waals surface area (Å²) in [6.45, 7) is 5.04. The van der Waals surface area contributed by atoms with Crippen LogP contribution in [0.2, 0.25) is 0 Å². The average Bonchev–Trinajstić information content (AvgIpc) is 2.54. The number of amides is 1. The maximum absolute atomic E-state index is 11.8. The molecule has 0 aliphatic heterocycles. The van der Waals surface area contributed by atoms with Gasteiger partial charge in [-0.3, -0.25) is 10.8 Å². The van der Waals surface area contributed by atoms with Crippen LogP contribution in [-0.2, 0) is 16.0 Å². The van der Waals surface area contributed by atoms with E-state index in [-0.39, 0.29) is 12.1 Å². The fraction of sp³-hybridized carbons (Fsp3) is 0.353. The highest BCUT2D eigenvalue weighted by atomic mass is 16.6. The van der Waals surface area contributed by atoms with Crippen LogP contribution in [0.3, 0.4) is 0 Å². The van der Waals surface area contributed by atoms with E-state index in [0.29, 0.717) is 11.3 Å². The summed E-state index contributed by atoms with van der Waals surface area (Å²) in [5, 5.41) is 31.2. The molecule has 27 heavy (non-hydrogen) atoms. The lowest BCUT2D eigenvalue weighted by Crippen LogP contribution is -2.44. The summed E-state index contributed by atoms with van der Waals surface area (Å²) in [4.78, 5) is 23.2. The molecule has 1 aromatic rings. The molecule has 6 N–H and O–H groups in total. The topological polar surface area (TPSA) is 174 Å². The minimum atomic E-state index is -1.19. The number of hydrogen-bond acceptors (Lipinski definition) is 7. The number of amidine groups is 1. The molecular weight excluding hydrogens is 352 g/mol. The van der Waals surface area contributed by atoms with E-state index in [4.69, 9.17) is 21.1 Å². The van der Waals surface area contributed by atoms with E-state index in [0.717, 1.165) is 0 Å². The Kier molecular flexibility index (Phi) is 7.29. The first-order valence-electron chi connectivity index (χ1n) is 7.91. The van der Waals surface area contributed by atoms with Crippen LogP contribution in [0.4, 0.5) is 10.5 Å². The third kappa shape index (κ3) is 7.87. The van der Waals surface area contributed by atoms with Crippen LogP contribution < -0.4 is 16.5 Å². The van der Waals surface area contributed by atoms with Gasteiger partial charge in [-0.1, -0.05) is 12.1 Å². The summed E-state index contributed by atoms with van der Waals surface area (Å²) in [7, 11) is 0. The van der Waals surface area contributed by atoms with Crippen molar-refractivity contribution in [2.75, 3.05) is 5.43 Å². The number of aliphatic carboxylic acids is 1. The molecular formula is C17H22N6O4. The lowest BCUT2D eigenvalue weighted by atomic mass is 10.1. The fourth-order valence-corrected chi connectivity index (χ4v) is 1.87. The number of anilines is 1. The predicted octanol–water partition coefficient (Wildman–Crippen LogP) is 1.43. The first kappa shape index (κ1) is 21.4. The highest BCUT2D eigenvalue weighted by Crippen LogP contribution is 2.12. The standard InChI is InChI=1S/C17H22N6O4/c1-17(2,3)27-16(26)21-12(15(24)25)8-10-4-6-11(7-5-10)22-23-13(9-18)14(19)20/h4-7,12,22H,8H2,1-3H3,(H3,19,20)(H,21,26)(H,24,25)/b23-13+. The van der Waals surface area contributed by atoms with Crippen molar-refractivity contribution in [3.63, 3.8) is 0 Å². The summed E-state index contributed by atoms with van der Waals surface area (Å²) in [5.74, 6) is -1.65. The van der Waals surface area contributed by atoms with Crippen molar-refractivity contribution in [3.8, 4) is 6.07 Å². The van der Waals surface area contributed by atoms with E-state index < -0.39 is 29.5 Å². The molecule has 0 saturated carbocycles. The monoisotopic (exact) mass is 374 g/mol.